The number of anilines is 1. The van der Waals surface area contributed by atoms with Crippen LogP contribution in [0.15, 0.2) is 48.0 Å². The summed E-state index contributed by atoms with van der Waals surface area (Å²) in [7, 11) is 3.30. The number of rotatable bonds is 9. The molecule has 11 nitrogen and oxygen atoms in total. The molecule has 3 atom stereocenters. The predicted octanol–water partition coefficient (Wildman–Crippen LogP) is 3.02. The summed E-state index contributed by atoms with van der Waals surface area (Å²) in [6, 6.07) is 10.3. The number of carbonyl (C=O) groups excluding carboxylic acids is 4. The number of thiophene rings is 1. The summed E-state index contributed by atoms with van der Waals surface area (Å²) in [5.74, 6) is -0.770. The van der Waals surface area contributed by atoms with Crippen molar-refractivity contribution in [2.45, 2.75) is 69.0 Å². The monoisotopic (exact) mass is 617 g/mol. The Morgan fingerprint density at radius 2 is 1.91 bits per heavy atom. The summed E-state index contributed by atoms with van der Waals surface area (Å²) in [5.41, 5.74) is 1.81. The summed E-state index contributed by atoms with van der Waals surface area (Å²) in [6.45, 7) is 0.432. The van der Waals surface area contributed by atoms with Gasteiger partial charge < -0.3 is 26.2 Å². The van der Waals surface area contributed by atoms with E-state index in [0.29, 0.717) is 37.2 Å². The lowest BCUT2D eigenvalue weighted by atomic mass is 9.83. The van der Waals surface area contributed by atoms with Gasteiger partial charge in [0.25, 0.3) is 5.91 Å². The molecule has 12 heteroatoms. The van der Waals surface area contributed by atoms with Crippen LogP contribution in [0.1, 0.15) is 58.6 Å². The topological polar surface area (TPSA) is 137 Å². The van der Waals surface area contributed by atoms with Crippen LogP contribution in [0.2, 0.25) is 0 Å². The van der Waals surface area contributed by atoms with E-state index in [0.717, 1.165) is 43.2 Å². The van der Waals surface area contributed by atoms with Crippen molar-refractivity contribution in [3.63, 3.8) is 0 Å². The van der Waals surface area contributed by atoms with Gasteiger partial charge in [-0.3, -0.25) is 19.1 Å². The highest BCUT2D eigenvalue weighted by molar-refractivity contribution is 7.09. The van der Waals surface area contributed by atoms with Gasteiger partial charge in [0.2, 0.25) is 11.8 Å². The van der Waals surface area contributed by atoms with Crippen molar-refractivity contribution < 1.29 is 19.2 Å². The minimum absolute atomic E-state index is 0.0343. The zero-order chi connectivity index (χ0) is 30.8. The highest BCUT2D eigenvalue weighted by Gasteiger charge is 2.53. The molecule has 232 valence electrons. The molecule has 4 N–H and O–H groups in total. The van der Waals surface area contributed by atoms with Gasteiger partial charge in [0.05, 0.1) is 6.04 Å². The SMILES string of the molecule is CNC(=O)C1(N2C[C@@H](Cc3cccs3)NC2=O)Cc2ccc(NC(=O)[C@@H](NC(=O)c3ccnn3C)C3CCCCC3)cc2C1. The molecule has 1 saturated carbocycles. The Bertz CT molecular complexity index is 1550. The van der Waals surface area contributed by atoms with E-state index in [9.17, 15) is 19.2 Å². The van der Waals surface area contributed by atoms with Crippen molar-refractivity contribution in [3.8, 4) is 0 Å². The second-order valence-electron chi connectivity index (χ2n) is 12.2. The largest absolute Gasteiger partial charge is 0.357 e. The molecule has 1 aliphatic heterocycles. The zero-order valence-corrected chi connectivity index (χ0v) is 25.9. The number of nitrogens with one attached hydrogen (secondary N) is 4. The van der Waals surface area contributed by atoms with Crippen molar-refractivity contribution in [3.05, 3.63) is 69.7 Å². The van der Waals surface area contributed by atoms with Crippen LogP contribution in [-0.4, -0.2) is 69.6 Å². The van der Waals surface area contributed by atoms with Crippen molar-refractivity contribution in [2.75, 3.05) is 18.9 Å². The van der Waals surface area contributed by atoms with E-state index in [-0.39, 0.29) is 35.7 Å². The number of urea groups is 1. The molecule has 3 aliphatic rings. The Kier molecular flexibility index (Phi) is 8.44. The van der Waals surface area contributed by atoms with Crippen molar-refractivity contribution in [1.29, 1.82) is 0 Å². The van der Waals surface area contributed by atoms with Crippen molar-refractivity contribution >= 4 is 40.8 Å². The molecule has 2 aromatic heterocycles. The molecule has 1 saturated heterocycles. The molecule has 3 aromatic rings. The van der Waals surface area contributed by atoms with E-state index >= 15 is 0 Å². The lowest BCUT2D eigenvalue weighted by Gasteiger charge is -2.36. The fourth-order valence-electron chi connectivity index (χ4n) is 7.09. The molecule has 0 bridgehead atoms. The first-order valence-corrected chi connectivity index (χ1v) is 16.2. The summed E-state index contributed by atoms with van der Waals surface area (Å²) < 4.78 is 1.50. The van der Waals surface area contributed by atoms with Crippen LogP contribution in [0.5, 0.6) is 0 Å². The molecule has 1 unspecified atom stereocenters. The molecule has 3 heterocycles. The highest BCUT2D eigenvalue weighted by atomic mass is 32.1. The highest BCUT2D eigenvalue weighted by Crippen LogP contribution is 2.38. The summed E-state index contributed by atoms with van der Waals surface area (Å²) in [6.07, 6.45) is 7.92. The van der Waals surface area contributed by atoms with Gasteiger partial charge in [0.1, 0.15) is 17.3 Å². The molecule has 44 heavy (non-hydrogen) atoms. The fourth-order valence-corrected chi connectivity index (χ4v) is 7.88. The molecular formula is C32H39N7O4S. The molecule has 6 rings (SSSR count). The first-order valence-electron chi connectivity index (χ1n) is 15.3. The number of likely N-dealkylation sites (N-methyl/N-ethyl adjacent to an activating group) is 1. The quantitative estimate of drug-likeness (QED) is 0.293. The average molecular weight is 618 g/mol. The Balaban J connectivity index is 1.19. The molecule has 2 aliphatic carbocycles. The molecule has 2 fully saturated rings. The standard InChI is InChI=1S/C32H39N7O4S/c1-33-30(42)32(39-19-24(36-31(39)43)16-25-9-6-14-44-25)17-21-10-11-23(15-22(21)18-32)35-29(41)27(20-7-4-3-5-8-20)37-28(40)26-12-13-34-38(26)2/h6,9-15,20,24,27H,3-5,7-8,16-19H2,1-2H3,(H,33,42)(H,35,41)(H,36,43)(H,37,40)/t24-,27+,32?/m1/s1. The van der Waals surface area contributed by atoms with Gasteiger partial charge >= 0.3 is 6.03 Å². The number of carbonyl (C=O) groups is 4. The Morgan fingerprint density at radius 1 is 1.11 bits per heavy atom. The summed E-state index contributed by atoms with van der Waals surface area (Å²) in [5, 5.41) is 18.0. The number of amides is 5. The number of hydrogen-bond acceptors (Lipinski definition) is 6. The number of aryl methyl sites for hydroxylation is 1. The van der Waals surface area contributed by atoms with E-state index in [2.05, 4.69) is 32.4 Å². The van der Waals surface area contributed by atoms with Crippen molar-refractivity contribution in [2.24, 2.45) is 13.0 Å². The van der Waals surface area contributed by atoms with Gasteiger partial charge in [-0.05, 0) is 59.5 Å². The molecule has 0 spiro atoms. The number of aromatic nitrogens is 2. The van der Waals surface area contributed by atoms with E-state index < -0.39 is 11.6 Å². The number of fused-ring (bicyclic) bond motifs is 1. The van der Waals surface area contributed by atoms with Gasteiger partial charge in [0, 0.05) is 56.7 Å². The Morgan fingerprint density at radius 3 is 2.61 bits per heavy atom. The molecular weight excluding hydrogens is 578 g/mol. The van der Waals surface area contributed by atoms with Crippen LogP contribution in [0.4, 0.5) is 10.5 Å². The average Bonchev–Trinajstić information content (AvgIpc) is 3.83. The maximum Gasteiger partial charge on any atom is 0.318 e. The third-order valence-electron chi connectivity index (χ3n) is 9.35. The van der Waals surface area contributed by atoms with Crippen LogP contribution in [0.3, 0.4) is 0 Å². The normalized spacial score (nSPS) is 22.3. The lowest BCUT2D eigenvalue weighted by molar-refractivity contribution is -0.130. The van der Waals surface area contributed by atoms with Gasteiger partial charge in [-0.15, -0.1) is 11.3 Å². The lowest BCUT2D eigenvalue weighted by Crippen LogP contribution is -2.60. The molecule has 5 amide bonds. The first kappa shape index (κ1) is 29.9. The molecule has 1 aromatic carbocycles. The molecule has 0 radical (unpaired) electrons. The van der Waals surface area contributed by atoms with Gasteiger partial charge in [-0.2, -0.15) is 5.10 Å². The van der Waals surface area contributed by atoms with Gasteiger partial charge in [0.15, 0.2) is 0 Å². The van der Waals surface area contributed by atoms with Crippen LogP contribution in [0.25, 0.3) is 0 Å². The number of nitrogens with zero attached hydrogens (tertiary/aromatic N) is 3. The summed E-state index contributed by atoms with van der Waals surface area (Å²) in [4.78, 5) is 56.4. The number of hydrogen-bond donors (Lipinski definition) is 4. The first-order chi connectivity index (χ1) is 21.3. The van der Waals surface area contributed by atoms with Crippen LogP contribution >= 0.6 is 11.3 Å². The second kappa shape index (κ2) is 12.4. The zero-order valence-electron chi connectivity index (χ0n) is 25.1. The Hall–Kier alpha value is -4.19. The van der Waals surface area contributed by atoms with E-state index in [1.165, 1.54) is 9.56 Å². The van der Waals surface area contributed by atoms with Gasteiger partial charge in [-0.1, -0.05) is 31.4 Å². The van der Waals surface area contributed by atoms with Crippen LogP contribution in [-0.2, 0) is 35.9 Å². The van der Waals surface area contributed by atoms with E-state index in [1.54, 1.807) is 42.6 Å². The van der Waals surface area contributed by atoms with Crippen LogP contribution < -0.4 is 21.3 Å². The smallest absolute Gasteiger partial charge is 0.318 e. The van der Waals surface area contributed by atoms with Crippen LogP contribution in [0, 0.1) is 5.92 Å². The predicted molar refractivity (Wildman–Crippen MR) is 167 cm³/mol. The fraction of sp³-hybridized carbons (Fsp3) is 0.469. The Labute approximate surface area is 260 Å². The third-order valence-corrected chi connectivity index (χ3v) is 10.3. The third kappa shape index (κ3) is 5.82. The minimum Gasteiger partial charge on any atom is -0.357 e. The van der Waals surface area contributed by atoms with E-state index in [1.807, 2.05) is 29.6 Å². The second-order valence-corrected chi connectivity index (χ2v) is 13.2. The maximum absolute atomic E-state index is 13.7. The number of benzene rings is 1. The van der Waals surface area contributed by atoms with Gasteiger partial charge in [-0.25, -0.2) is 4.79 Å². The van der Waals surface area contributed by atoms with Crippen molar-refractivity contribution in [1.82, 2.24) is 30.6 Å². The summed E-state index contributed by atoms with van der Waals surface area (Å²) >= 11 is 1.65. The van der Waals surface area contributed by atoms with E-state index in [4.69, 9.17) is 0 Å². The maximum atomic E-state index is 13.7. The minimum atomic E-state index is -1.06.